The van der Waals surface area contributed by atoms with E-state index in [9.17, 15) is 19.5 Å². The molecule has 152 valence electrons. The minimum absolute atomic E-state index is 0.0526. The lowest BCUT2D eigenvalue weighted by molar-refractivity contribution is -0.156. The van der Waals surface area contributed by atoms with Crippen LogP contribution in [0.15, 0.2) is 11.1 Å². The van der Waals surface area contributed by atoms with E-state index in [2.05, 4.69) is 19.6 Å². The van der Waals surface area contributed by atoms with Crippen molar-refractivity contribution in [3.05, 3.63) is 11.1 Å². The maximum absolute atomic E-state index is 13.2. The number of cyclic esters (lactones) is 2. The van der Waals surface area contributed by atoms with Crippen LogP contribution in [0.1, 0.15) is 32.6 Å². The second-order valence-corrected chi connectivity index (χ2v) is 15.7. The predicted octanol–water partition coefficient (Wildman–Crippen LogP) is 2.31. The van der Waals surface area contributed by atoms with Crippen LogP contribution in [0.2, 0.25) is 25.2 Å². The topological polar surface area (TPSA) is 83.9 Å². The molecule has 2 heterocycles. The molecule has 5 aliphatic rings. The van der Waals surface area contributed by atoms with Crippen LogP contribution in [0.3, 0.4) is 0 Å². The first-order valence-electron chi connectivity index (χ1n) is 10.6. The van der Waals surface area contributed by atoms with Gasteiger partial charge in [-0.15, -0.1) is 0 Å². The molecule has 2 bridgehead atoms. The van der Waals surface area contributed by atoms with E-state index in [1.54, 1.807) is 4.90 Å². The Labute approximate surface area is 166 Å². The molecule has 0 aromatic rings. The third-order valence-electron chi connectivity index (χ3n) is 8.11. The quantitative estimate of drug-likeness (QED) is 0.331. The van der Waals surface area contributed by atoms with Gasteiger partial charge in [-0.2, -0.15) is 0 Å². The maximum Gasteiger partial charge on any atom is 0.318 e. The van der Waals surface area contributed by atoms with Crippen LogP contribution in [0.25, 0.3) is 0 Å². The van der Waals surface area contributed by atoms with Gasteiger partial charge in [-0.25, -0.2) is 0 Å². The summed E-state index contributed by atoms with van der Waals surface area (Å²) in [6, 6.07) is 0. The Kier molecular flexibility index (Phi) is 3.69. The van der Waals surface area contributed by atoms with Crippen molar-refractivity contribution in [2.75, 3.05) is 6.54 Å². The van der Waals surface area contributed by atoms with Crippen molar-refractivity contribution < 1.29 is 24.2 Å². The fraction of sp³-hybridized carbons (Fsp3) is 0.762. The molecule has 7 atom stereocenters. The molecule has 0 radical (unpaired) electrons. The number of aliphatic hydroxyl groups is 1. The number of carbonyl (C=O) groups is 3. The van der Waals surface area contributed by atoms with Crippen LogP contribution in [-0.2, 0) is 19.1 Å². The van der Waals surface area contributed by atoms with E-state index in [4.69, 9.17) is 4.74 Å². The number of esters is 2. The van der Waals surface area contributed by atoms with Gasteiger partial charge in [0.2, 0.25) is 5.91 Å². The third-order valence-corrected chi connectivity index (χ3v) is 10.7. The highest BCUT2D eigenvalue weighted by Gasteiger charge is 2.70. The summed E-state index contributed by atoms with van der Waals surface area (Å²) in [7, 11) is -1.85. The summed E-state index contributed by atoms with van der Waals surface area (Å²) in [6.07, 6.45) is 3.07. The van der Waals surface area contributed by atoms with E-state index < -0.39 is 43.5 Å². The number of hydrogen-bond donors (Lipinski definition) is 1. The SMILES string of the molecule is CCN1C(=O)[C@@H]2C[C@@]1(O)[C@@H]1CCCC3=C1[C@H]2[C@@H]1C(=O)OC(=O)[C@@H]1[C@@H]3[Si](C)(C)C. The van der Waals surface area contributed by atoms with Gasteiger partial charge in [0.1, 0.15) is 5.72 Å². The first-order chi connectivity index (χ1) is 13.1. The monoisotopic (exact) mass is 403 g/mol. The van der Waals surface area contributed by atoms with E-state index in [-0.39, 0.29) is 23.3 Å². The number of allylic oxidation sites excluding steroid dienone is 1. The molecule has 1 amide bonds. The van der Waals surface area contributed by atoms with Gasteiger partial charge in [0.15, 0.2) is 0 Å². The second-order valence-electron chi connectivity index (χ2n) is 10.4. The van der Waals surface area contributed by atoms with Crippen LogP contribution in [-0.4, -0.2) is 48.2 Å². The normalized spacial score (nSPS) is 44.6. The average molecular weight is 404 g/mol. The van der Waals surface area contributed by atoms with Crippen LogP contribution in [0.4, 0.5) is 0 Å². The molecular formula is C21H29NO5Si. The van der Waals surface area contributed by atoms with Gasteiger partial charge in [0.05, 0.1) is 25.8 Å². The summed E-state index contributed by atoms with van der Waals surface area (Å²) in [5, 5.41) is 11.6. The van der Waals surface area contributed by atoms with Crippen molar-refractivity contribution in [2.24, 2.45) is 29.6 Å². The van der Waals surface area contributed by atoms with Gasteiger partial charge < -0.3 is 14.7 Å². The minimum Gasteiger partial charge on any atom is -0.393 e. The Morgan fingerprint density at radius 1 is 1.14 bits per heavy atom. The highest BCUT2D eigenvalue weighted by molar-refractivity contribution is 6.78. The van der Waals surface area contributed by atoms with E-state index in [1.807, 2.05) is 6.92 Å². The molecule has 6 nitrogen and oxygen atoms in total. The molecule has 0 spiro atoms. The van der Waals surface area contributed by atoms with Gasteiger partial charge in [0, 0.05) is 24.8 Å². The number of likely N-dealkylation sites (tertiary alicyclic amines) is 1. The van der Waals surface area contributed by atoms with Crippen molar-refractivity contribution in [3.63, 3.8) is 0 Å². The highest BCUT2D eigenvalue weighted by atomic mass is 28.3. The van der Waals surface area contributed by atoms with E-state index in [0.717, 1.165) is 24.8 Å². The molecule has 0 unspecified atom stereocenters. The molecule has 2 saturated heterocycles. The zero-order valence-electron chi connectivity index (χ0n) is 17.0. The Hall–Kier alpha value is -1.47. The minimum atomic E-state index is -1.85. The predicted molar refractivity (Wildman–Crippen MR) is 103 cm³/mol. The second kappa shape index (κ2) is 5.57. The van der Waals surface area contributed by atoms with Crippen LogP contribution in [0.5, 0.6) is 0 Å². The Bertz CT molecular complexity index is 829. The molecule has 28 heavy (non-hydrogen) atoms. The van der Waals surface area contributed by atoms with Crippen molar-refractivity contribution >= 4 is 25.9 Å². The van der Waals surface area contributed by atoms with Crippen molar-refractivity contribution in [2.45, 2.75) is 63.5 Å². The Morgan fingerprint density at radius 2 is 1.82 bits per heavy atom. The van der Waals surface area contributed by atoms with Gasteiger partial charge in [0.25, 0.3) is 0 Å². The van der Waals surface area contributed by atoms with Crippen LogP contribution >= 0.6 is 0 Å². The number of carbonyl (C=O) groups excluding carboxylic acids is 3. The lowest BCUT2D eigenvalue weighted by atomic mass is 9.54. The smallest absolute Gasteiger partial charge is 0.318 e. The zero-order valence-corrected chi connectivity index (χ0v) is 18.0. The number of rotatable bonds is 2. The molecule has 1 N–H and O–H groups in total. The fourth-order valence-corrected chi connectivity index (χ4v) is 10.2. The first kappa shape index (κ1) is 18.5. The highest BCUT2D eigenvalue weighted by Crippen LogP contribution is 2.66. The summed E-state index contributed by atoms with van der Waals surface area (Å²) < 4.78 is 5.18. The number of nitrogens with zero attached hydrogens (tertiary/aromatic N) is 1. The maximum atomic E-state index is 13.2. The lowest BCUT2D eigenvalue weighted by Gasteiger charge is -2.54. The van der Waals surface area contributed by atoms with Crippen LogP contribution < -0.4 is 0 Å². The molecule has 3 aliphatic carbocycles. The van der Waals surface area contributed by atoms with Crippen molar-refractivity contribution in [1.29, 1.82) is 0 Å². The van der Waals surface area contributed by atoms with Crippen LogP contribution in [0, 0.1) is 29.6 Å². The number of hydrogen-bond acceptors (Lipinski definition) is 5. The zero-order chi connectivity index (χ0) is 20.2. The summed E-state index contributed by atoms with van der Waals surface area (Å²) in [4.78, 5) is 40.5. The molecular weight excluding hydrogens is 374 g/mol. The number of ether oxygens (including phenoxy) is 1. The van der Waals surface area contributed by atoms with Gasteiger partial charge in [-0.3, -0.25) is 14.4 Å². The molecule has 7 heteroatoms. The van der Waals surface area contributed by atoms with Crippen molar-refractivity contribution in [3.8, 4) is 0 Å². The largest absolute Gasteiger partial charge is 0.393 e. The first-order valence-corrected chi connectivity index (χ1v) is 14.2. The molecule has 1 saturated carbocycles. The van der Waals surface area contributed by atoms with Gasteiger partial charge in [-0.05, 0) is 31.7 Å². The molecule has 0 aromatic heterocycles. The van der Waals surface area contributed by atoms with E-state index in [1.165, 1.54) is 5.57 Å². The molecule has 5 rings (SSSR count). The van der Waals surface area contributed by atoms with E-state index in [0.29, 0.717) is 13.0 Å². The summed E-state index contributed by atoms with van der Waals surface area (Å²) in [5.74, 6) is -2.72. The standard InChI is InChI=1S/C21H29NO5Si/c1-5-22-18(23)11-9-21(22,26)12-8-6-7-10-13(12)14(11)15-16(17(10)28(2,3)4)20(25)27-19(15)24/h11-12,14-17,26H,5-9H2,1-4H3/t11-,12-,14+,15+,16+,17-,21-/m1/s1. The molecule has 2 aliphatic heterocycles. The summed E-state index contributed by atoms with van der Waals surface area (Å²) in [5.41, 5.74) is 1.34. The molecule has 0 aromatic carbocycles. The summed E-state index contributed by atoms with van der Waals surface area (Å²) in [6.45, 7) is 9.11. The van der Waals surface area contributed by atoms with Gasteiger partial charge in [-0.1, -0.05) is 30.8 Å². The third kappa shape index (κ3) is 2.04. The number of amides is 1. The summed E-state index contributed by atoms with van der Waals surface area (Å²) >= 11 is 0. The number of fused-ring (bicyclic) bond motifs is 6. The van der Waals surface area contributed by atoms with E-state index >= 15 is 0 Å². The average Bonchev–Trinajstić information content (AvgIpc) is 3.02. The Morgan fingerprint density at radius 3 is 2.46 bits per heavy atom. The van der Waals surface area contributed by atoms with Crippen molar-refractivity contribution in [1.82, 2.24) is 4.90 Å². The lowest BCUT2D eigenvalue weighted by Crippen LogP contribution is -2.56. The Balaban J connectivity index is 1.78. The fourth-order valence-electron chi connectivity index (χ4n) is 7.42. The molecule has 3 fully saturated rings. The van der Waals surface area contributed by atoms with Gasteiger partial charge >= 0.3 is 11.9 Å².